The molecule has 3 aliphatic rings. The Labute approximate surface area is 469 Å². The molecule has 0 fully saturated rings. The van der Waals surface area contributed by atoms with Crippen LogP contribution in [-0.2, 0) is 31.9 Å². The van der Waals surface area contributed by atoms with Gasteiger partial charge in [-0.05, 0) is 113 Å². The van der Waals surface area contributed by atoms with E-state index in [1.54, 1.807) is 0 Å². The molecule has 5 nitrogen and oxygen atoms in total. The van der Waals surface area contributed by atoms with Crippen molar-refractivity contribution in [1.82, 2.24) is 18.7 Å². The van der Waals surface area contributed by atoms with Crippen molar-refractivity contribution < 1.29 is 32.7 Å². The van der Waals surface area contributed by atoms with Gasteiger partial charge in [-0.3, -0.25) is 0 Å². The van der Waals surface area contributed by atoms with Gasteiger partial charge in [-0.25, -0.2) is 4.98 Å². The molecule has 366 valence electrons. The van der Waals surface area contributed by atoms with Gasteiger partial charge in [-0.2, -0.15) is 12.1 Å². The van der Waals surface area contributed by atoms with Crippen LogP contribution >= 0.6 is 0 Å². The number of aromatic nitrogens is 2. The standard InChI is InChI=1S/C71H48N4O.Pt/c1-70(2,3)48-39-40-72-68(42-48)75-64-32-14-10-26-58(64)59-38-36-51(44-67(59)75)76-50-22-17-21-49(43-50)73-45-74(66-34-16-15-33-65(66)73)69-52(46-19-5-4-6-20-46)27-18-28-53(69)47-35-37-57-56-25-9-13-31-62(56)71(63(57)41-47)60-29-11-7-23-54(60)55-24-8-12-30-61(55)71;/h4-42H,1-3H3;/q;+2/i4D,5D,6D,19D,20D;. The molecule has 2 aliphatic carbocycles. The first-order valence-corrected chi connectivity index (χ1v) is 25.6. The Balaban J connectivity index is 0.00000602. The summed E-state index contributed by atoms with van der Waals surface area (Å²) < 4.78 is 57.9. The Morgan fingerprint density at radius 1 is 0.532 bits per heavy atom. The van der Waals surface area contributed by atoms with Gasteiger partial charge < -0.3 is 9.30 Å². The fraction of sp³-hybridized carbons (Fsp3) is 0.0704. The van der Waals surface area contributed by atoms with Crippen LogP contribution in [0, 0.1) is 12.1 Å². The van der Waals surface area contributed by atoms with Crippen LogP contribution in [-0.4, -0.2) is 15.6 Å². The van der Waals surface area contributed by atoms with Crippen LogP contribution < -0.4 is 13.9 Å². The molecular formula is C71H48N4OPt+2. The molecule has 0 saturated heterocycles. The van der Waals surface area contributed by atoms with E-state index in [-0.39, 0.29) is 44.1 Å². The summed E-state index contributed by atoms with van der Waals surface area (Å²) in [4.78, 5) is 4.86. The zero-order valence-corrected chi connectivity index (χ0v) is 44.4. The molecule has 3 heterocycles. The van der Waals surface area contributed by atoms with Crippen molar-refractivity contribution in [1.29, 1.82) is 0 Å². The summed E-state index contributed by atoms with van der Waals surface area (Å²) in [6.45, 7) is 6.60. The molecule has 2 aromatic heterocycles. The van der Waals surface area contributed by atoms with E-state index in [1.165, 1.54) is 38.9 Å². The van der Waals surface area contributed by atoms with Gasteiger partial charge in [-0.15, -0.1) is 23.6 Å². The summed E-state index contributed by atoms with van der Waals surface area (Å²) in [7, 11) is 0. The van der Waals surface area contributed by atoms with E-state index < -0.39 is 23.5 Å². The molecule has 0 unspecified atom stereocenters. The van der Waals surface area contributed by atoms with E-state index in [9.17, 15) is 2.74 Å². The third kappa shape index (κ3) is 7.08. The number of rotatable bonds is 7. The SMILES string of the molecule is [2H]c1c([2H])c([2H])c(-c2cccc(-c3ccc4c(c3)C3(c5ccccc5-c5ccccc53)c3ccccc3-4)c2[N+]2=C=[N+](c3[c-]c(Oc4[c-]c5c(cc4)c4ccccc4n5-c4cc(C(C)(C)C)ccn4)ccc3)c3ccccc32)c([2H])c1[2H].[Pt+2]. The summed E-state index contributed by atoms with van der Waals surface area (Å²) in [5.74, 6) is 1.76. The minimum atomic E-state index is -0.616. The molecule has 6 heteroatoms. The number of pyridine rings is 1. The largest absolute Gasteiger partial charge is 2.00 e. The molecule has 0 bridgehead atoms. The molecule has 1 spiro atoms. The van der Waals surface area contributed by atoms with Gasteiger partial charge in [0.05, 0.1) is 23.4 Å². The van der Waals surface area contributed by atoms with Crippen LogP contribution in [0.2, 0.25) is 0 Å². The van der Waals surface area contributed by atoms with Gasteiger partial charge >= 0.3 is 27.1 Å². The molecule has 0 amide bonds. The van der Waals surface area contributed by atoms with Crippen molar-refractivity contribution in [2.75, 3.05) is 0 Å². The summed E-state index contributed by atoms with van der Waals surface area (Å²) >= 11 is 0. The van der Waals surface area contributed by atoms with Crippen molar-refractivity contribution in [2.24, 2.45) is 0 Å². The van der Waals surface area contributed by atoms with Crippen molar-refractivity contribution in [2.45, 2.75) is 31.6 Å². The van der Waals surface area contributed by atoms with Crippen molar-refractivity contribution in [3.8, 4) is 61.8 Å². The van der Waals surface area contributed by atoms with Crippen molar-refractivity contribution >= 4 is 50.6 Å². The molecule has 0 radical (unpaired) electrons. The summed E-state index contributed by atoms with van der Waals surface area (Å²) in [6.07, 6.45) is 1.87. The molecule has 1 aliphatic heterocycles. The first-order chi connectivity index (χ1) is 39.4. The third-order valence-electron chi connectivity index (χ3n) is 15.5. The first kappa shape index (κ1) is 41.3. The fourth-order valence-electron chi connectivity index (χ4n) is 12.2. The van der Waals surface area contributed by atoms with Gasteiger partial charge in [-0.1, -0.05) is 195 Å². The average Bonchev–Trinajstić information content (AvgIpc) is 3.91. The van der Waals surface area contributed by atoms with Crippen LogP contribution in [0.25, 0.3) is 72.1 Å². The van der Waals surface area contributed by atoms with E-state index in [0.29, 0.717) is 28.4 Å². The van der Waals surface area contributed by atoms with E-state index in [4.69, 9.17) is 13.8 Å². The summed E-state index contributed by atoms with van der Waals surface area (Å²) in [5.41, 5.74) is 16.8. The number of nitrogens with zero attached hydrogens (tertiary/aromatic N) is 4. The quantitative estimate of drug-likeness (QED) is 0.118. The minimum Gasteiger partial charge on any atom is -0.509 e. The van der Waals surface area contributed by atoms with Crippen molar-refractivity contribution in [3.05, 3.63) is 277 Å². The molecule has 12 aromatic rings. The van der Waals surface area contributed by atoms with Crippen LogP contribution in [0.15, 0.2) is 237 Å². The van der Waals surface area contributed by atoms with E-state index in [1.807, 2.05) is 88.1 Å². The van der Waals surface area contributed by atoms with E-state index >= 15 is 0 Å². The van der Waals surface area contributed by atoms with Gasteiger partial charge in [0.2, 0.25) is 5.69 Å². The van der Waals surface area contributed by atoms with Crippen LogP contribution in [0.3, 0.4) is 0 Å². The zero-order valence-electron chi connectivity index (χ0n) is 47.1. The number of fused-ring (bicyclic) bond motifs is 14. The molecule has 15 rings (SSSR count). The molecule has 0 N–H and O–H groups in total. The fourth-order valence-corrected chi connectivity index (χ4v) is 12.2. The number of ether oxygens (including phenoxy) is 1. The second-order valence-electron chi connectivity index (χ2n) is 20.7. The molecule has 77 heavy (non-hydrogen) atoms. The summed E-state index contributed by atoms with van der Waals surface area (Å²) in [5, 5.41) is 2.11. The third-order valence-corrected chi connectivity index (χ3v) is 15.5. The zero-order chi connectivity index (χ0) is 55.1. The number of benzene rings is 10. The number of hydrogen-bond donors (Lipinski definition) is 0. The second-order valence-corrected chi connectivity index (χ2v) is 20.7. The predicted octanol–water partition coefficient (Wildman–Crippen LogP) is 17.4. The number of para-hydroxylation sites is 4. The Kier molecular flexibility index (Phi) is 9.56. The minimum absolute atomic E-state index is 0. The van der Waals surface area contributed by atoms with Gasteiger partial charge in [0.1, 0.15) is 11.5 Å². The second kappa shape index (κ2) is 17.8. The number of hydrogen-bond acceptors (Lipinski definition) is 2. The topological polar surface area (TPSA) is 33.1 Å². The van der Waals surface area contributed by atoms with Gasteiger partial charge in [0.15, 0.2) is 0 Å². The van der Waals surface area contributed by atoms with E-state index in [0.717, 1.165) is 61.3 Å². The Morgan fingerprint density at radius 3 is 1.84 bits per heavy atom. The van der Waals surface area contributed by atoms with Crippen LogP contribution in [0.1, 0.15) is 55.4 Å². The predicted molar refractivity (Wildman–Crippen MR) is 309 cm³/mol. The monoisotopic (exact) mass is 1170 g/mol. The average molecular weight is 1170 g/mol. The summed E-state index contributed by atoms with van der Waals surface area (Å²) in [6, 6.07) is 77.9. The molecule has 10 aromatic carbocycles. The molecular weight excluding hydrogens is 1120 g/mol. The maximum atomic E-state index is 9.38. The van der Waals surface area contributed by atoms with Crippen LogP contribution in [0.4, 0.5) is 22.7 Å². The maximum Gasteiger partial charge on any atom is 2.00 e. The van der Waals surface area contributed by atoms with Crippen molar-refractivity contribution in [3.63, 3.8) is 0 Å². The normalized spacial score (nSPS) is 14.2. The Hall–Kier alpha value is -8.98. The van der Waals surface area contributed by atoms with E-state index in [2.05, 4.69) is 171 Å². The molecule has 0 atom stereocenters. The van der Waals surface area contributed by atoms with Gasteiger partial charge in [0.25, 0.3) is 11.4 Å². The Bertz CT molecular complexity index is 4710. The first-order valence-electron chi connectivity index (χ1n) is 28.1. The smallest absolute Gasteiger partial charge is 0.509 e. The van der Waals surface area contributed by atoms with Gasteiger partial charge in [0, 0.05) is 35.3 Å². The Morgan fingerprint density at radius 2 is 1.13 bits per heavy atom. The molecule has 0 saturated carbocycles. The van der Waals surface area contributed by atoms with Crippen LogP contribution in [0.5, 0.6) is 11.5 Å². The maximum absolute atomic E-state index is 9.38.